The van der Waals surface area contributed by atoms with Crippen molar-refractivity contribution in [2.75, 3.05) is 6.54 Å². The van der Waals surface area contributed by atoms with Crippen molar-refractivity contribution in [1.82, 2.24) is 5.32 Å². The average molecular weight is 273 g/mol. The lowest BCUT2D eigenvalue weighted by Crippen LogP contribution is -2.18. The van der Waals surface area contributed by atoms with Crippen LogP contribution in [0.1, 0.15) is 36.7 Å². The Morgan fingerprint density at radius 3 is 2.68 bits per heavy atom. The van der Waals surface area contributed by atoms with Crippen LogP contribution in [0.5, 0.6) is 0 Å². The van der Waals surface area contributed by atoms with Crippen molar-refractivity contribution < 1.29 is 23.1 Å². The van der Waals surface area contributed by atoms with E-state index < -0.39 is 35.7 Å². The van der Waals surface area contributed by atoms with Gasteiger partial charge in [-0.1, -0.05) is 0 Å². The number of halogens is 3. The molecule has 0 radical (unpaired) electrons. The van der Waals surface area contributed by atoms with Crippen LogP contribution in [-0.4, -0.2) is 17.6 Å². The summed E-state index contributed by atoms with van der Waals surface area (Å²) in [4.78, 5) is 10.8. The lowest BCUT2D eigenvalue weighted by atomic mass is 9.97. The van der Waals surface area contributed by atoms with Crippen molar-refractivity contribution >= 4 is 5.97 Å². The van der Waals surface area contributed by atoms with Crippen molar-refractivity contribution in [3.63, 3.8) is 0 Å². The van der Waals surface area contributed by atoms with Crippen LogP contribution in [0.2, 0.25) is 0 Å². The molecule has 1 aliphatic rings. The van der Waals surface area contributed by atoms with E-state index in [4.69, 9.17) is 5.11 Å². The predicted octanol–water partition coefficient (Wildman–Crippen LogP) is 2.73. The normalized spacial score (nSPS) is 24.4. The van der Waals surface area contributed by atoms with Crippen molar-refractivity contribution in [1.29, 1.82) is 0 Å². The minimum Gasteiger partial charge on any atom is -0.481 e. The number of carboxylic acid groups (broad SMARTS) is 1. The Bertz CT molecular complexity index is 505. The van der Waals surface area contributed by atoms with Crippen LogP contribution in [0.4, 0.5) is 13.2 Å². The Morgan fingerprint density at radius 2 is 2.16 bits per heavy atom. The summed E-state index contributed by atoms with van der Waals surface area (Å²) < 4.78 is 40.4. The second-order valence-electron chi connectivity index (χ2n) is 4.75. The highest BCUT2D eigenvalue weighted by Gasteiger charge is 2.32. The Labute approximate surface area is 108 Å². The molecule has 104 valence electrons. The molecule has 0 spiro atoms. The van der Waals surface area contributed by atoms with Crippen molar-refractivity contribution in [2.24, 2.45) is 5.92 Å². The number of carboxylic acids is 1. The molecular weight excluding hydrogens is 259 g/mol. The van der Waals surface area contributed by atoms with Crippen molar-refractivity contribution in [2.45, 2.75) is 25.6 Å². The van der Waals surface area contributed by atoms with Gasteiger partial charge < -0.3 is 10.4 Å². The van der Waals surface area contributed by atoms with Gasteiger partial charge in [0.15, 0.2) is 11.6 Å². The highest BCUT2D eigenvalue weighted by Crippen LogP contribution is 2.32. The smallest absolute Gasteiger partial charge is 0.307 e. The molecule has 0 aromatic heterocycles. The lowest BCUT2D eigenvalue weighted by Gasteiger charge is -2.14. The first-order valence-electron chi connectivity index (χ1n) is 5.99. The molecule has 1 aromatic carbocycles. The number of aliphatic carboxylic acids is 1. The van der Waals surface area contributed by atoms with E-state index in [-0.39, 0.29) is 24.1 Å². The summed E-state index contributed by atoms with van der Waals surface area (Å²) in [7, 11) is 0. The van der Waals surface area contributed by atoms with E-state index >= 15 is 0 Å². The van der Waals surface area contributed by atoms with E-state index in [1.54, 1.807) is 0 Å². The maximum atomic E-state index is 13.7. The zero-order chi connectivity index (χ0) is 14.2. The molecule has 1 aromatic rings. The zero-order valence-corrected chi connectivity index (χ0v) is 10.3. The number of alkyl halides is 1. The van der Waals surface area contributed by atoms with Gasteiger partial charge in [0.25, 0.3) is 0 Å². The summed E-state index contributed by atoms with van der Waals surface area (Å²) >= 11 is 0. The first kappa shape index (κ1) is 13.9. The highest BCUT2D eigenvalue weighted by atomic mass is 19.2. The second kappa shape index (κ2) is 5.21. The number of rotatable bonds is 3. The summed E-state index contributed by atoms with van der Waals surface area (Å²) in [6.45, 7) is 1.43. The molecule has 0 saturated carbocycles. The average Bonchev–Trinajstić information content (AvgIpc) is 2.81. The molecule has 3 nitrogen and oxygen atoms in total. The van der Waals surface area contributed by atoms with Crippen molar-refractivity contribution in [3.8, 4) is 0 Å². The quantitative estimate of drug-likeness (QED) is 0.890. The van der Waals surface area contributed by atoms with Gasteiger partial charge in [0, 0.05) is 18.2 Å². The lowest BCUT2D eigenvalue weighted by molar-refractivity contribution is -0.141. The summed E-state index contributed by atoms with van der Waals surface area (Å²) in [5.41, 5.74) is 0.0396. The maximum absolute atomic E-state index is 13.7. The van der Waals surface area contributed by atoms with E-state index in [2.05, 4.69) is 5.32 Å². The first-order chi connectivity index (χ1) is 8.90. The molecule has 6 heteroatoms. The summed E-state index contributed by atoms with van der Waals surface area (Å²) in [6, 6.07) is 1.48. The monoisotopic (exact) mass is 273 g/mol. The number of hydrogen-bond donors (Lipinski definition) is 2. The van der Waals surface area contributed by atoms with Gasteiger partial charge in [-0.3, -0.25) is 4.79 Å². The molecule has 2 rings (SSSR count). The molecular formula is C13H14F3NO2. The third-order valence-corrected chi connectivity index (χ3v) is 3.39. The van der Waals surface area contributed by atoms with Gasteiger partial charge in [-0.2, -0.15) is 0 Å². The van der Waals surface area contributed by atoms with Crippen LogP contribution in [0.15, 0.2) is 12.1 Å². The van der Waals surface area contributed by atoms with Crippen LogP contribution in [0, 0.1) is 17.6 Å². The standard InChI is InChI=1S/C13H14F3NO2/c1-6(14)7-2-9(12(16)10(15)3-7)11-4-8(5-17-11)13(18)19/h2-3,6,8,11,17H,4-5H2,1H3,(H,18,19). The first-order valence-corrected chi connectivity index (χ1v) is 5.99. The van der Waals surface area contributed by atoms with Crippen LogP contribution in [0.25, 0.3) is 0 Å². The van der Waals surface area contributed by atoms with Gasteiger partial charge in [-0.25, -0.2) is 13.2 Å². The molecule has 1 fully saturated rings. The highest BCUT2D eigenvalue weighted by molar-refractivity contribution is 5.70. The number of benzene rings is 1. The molecule has 2 N–H and O–H groups in total. The summed E-state index contributed by atoms with van der Waals surface area (Å²) in [6.07, 6.45) is -1.25. The molecule has 1 heterocycles. The zero-order valence-electron chi connectivity index (χ0n) is 10.3. The molecule has 0 aliphatic carbocycles. The number of carbonyl (C=O) groups is 1. The van der Waals surface area contributed by atoms with E-state index in [0.717, 1.165) is 6.07 Å². The van der Waals surface area contributed by atoms with Gasteiger partial charge in [0.1, 0.15) is 6.17 Å². The SMILES string of the molecule is CC(F)c1cc(F)c(F)c(C2CC(C(=O)O)CN2)c1. The minimum atomic E-state index is -1.41. The van der Waals surface area contributed by atoms with Crippen LogP contribution < -0.4 is 5.32 Å². The molecule has 1 aliphatic heterocycles. The second-order valence-corrected chi connectivity index (χ2v) is 4.75. The molecule has 3 atom stereocenters. The van der Waals surface area contributed by atoms with Gasteiger partial charge in [-0.05, 0) is 31.0 Å². The van der Waals surface area contributed by atoms with E-state index in [1.807, 2.05) is 0 Å². The third-order valence-electron chi connectivity index (χ3n) is 3.39. The Morgan fingerprint density at radius 1 is 1.47 bits per heavy atom. The van der Waals surface area contributed by atoms with Crippen LogP contribution in [0.3, 0.4) is 0 Å². The minimum absolute atomic E-state index is 0.0109. The molecule has 0 amide bonds. The van der Waals surface area contributed by atoms with Crippen molar-refractivity contribution in [3.05, 3.63) is 34.9 Å². The van der Waals surface area contributed by atoms with Gasteiger partial charge >= 0.3 is 5.97 Å². The molecule has 1 saturated heterocycles. The summed E-state index contributed by atoms with van der Waals surface area (Å²) in [5.74, 6) is -3.78. The number of nitrogens with one attached hydrogen (secondary N) is 1. The predicted molar refractivity (Wildman–Crippen MR) is 62.4 cm³/mol. The fourth-order valence-electron chi connectivity index (χ4n) is 2.28. The van der Waals surface area contributed by atoms with Gasteiger partial charge in [-0.15, -0.1) is 0 Å². The fraction of sp³-hybridized carbons (Fsp3) is 0.462. The molecule has 0 bridgehead atoms. The Hall–Kier alpha value is -1.56. The topological polar surface area (TPSA) is 49.3 Å². The van der Waals surface area contributed by atoms with Crippen LogP contribution in [-0.2, 0) is 4.79 Å². The van der Waals surface area contributed by atoms with E-state index in [9.17, 15) is 18.0 Å². The number of hydrogen-bond acceptors (Lipinski definition) is 2. The van der Waals surface area contributed by atoms with Crippen LogP contribution >= 0.6 is 0 Å². The van der Waals surface area contributed by atoms with E-state index in [1.165, 1.54) is 13.0 Å². The maximum Gasteiger partial charge on any atom is 0.307 e. The van der Waals surface area contributed by atoms with Gasteiger partial charge in [0.05, 0.1) is 5.92 Å². The van der Waals surface area contributed by atoms with E-state index in [0.29, 0.717) is 0 Å². The fourth-order valence-corrected chi connectivity index (χ4v) is 2.28. The van der Waals surface area contributed by atoms with Gasteiger partial charge in [0.2, 0.25) is 0 Å². The molecule has 3 unspecified atom stereocenters. The molecule has 19 heavy (non-hydrogen) atoms. The summed E-state index contributed by atoms with van der Waals surface area (Å²) in [5, 5.41) is 11.7. The largest absolute Gasteiger partial charge is 0.481 e. The Balaban J connectivity index is 2.32. The third kappa shape index (κ3) is 2.73. The Kier molecular flexibility index (Phi) is 3.80.